The molecule has 2 aliphatic carbocycles. The van der Waals surface area contributed by atoms with Crippen molar-refractivity contribution in [3.63, 3.8) is 0 Å². The van der Waals surface area contributed by atoms with E-state index in [1.807, 2.05) is 0 Å². The molecule has 4 heteroatoms. The SMILES string of the molecule is CC(C)CN1C(=O)[C@@](CCC2CCCCC2)(CC2CCCCC2)N=C1N. The van der Waals surface area contributed by atoms with E-state index in [-0.39, 0.29) is 5.91 Å². The molecule has 3 aliphatic rings. The van der Waals surface area contributed by atoms with Gasteiger partial charge in [-0.25, -0.2) is 4.99 Å². The summed E-state index contributed by atoms with van der Waals surface area (Å²) in [6.07, 6.45) is 16.2. The molecule has 0 spiro atoms. The molecule has 0 bridgehead atoms. The molecule has 2 fully saturated rings. The normalized spacial score (nSPS) is 28.8. The Balaban J connectivity index is 1.73. The molecule has 0 aromatic carbocycles. The zero-order chi connectivity index (χ0) is 18.6. The topological polar surface area (TPSA) is 58.7 Å². The van der Waals surface area contributed by atoms with Gasteiger partial charge in [-0.05, 0) is 37.0 Å². The number of hydrogen-bond donors (Lipinski definition) is 1. The van der Waals surface area contributed by atoms with Crippen molar-refractivity contribution >= 4 is 11.9 Å². The predicted molar refractivity (Wildman–Crippen MR) is 108 cm³/mol. The summed E-state index contributed by atoms with van der Waals surface area (Å²) >= 11 is 0. The van der Waals surface area contributed by atoms with Crippen LogP contribution in [0.25, 0.3) is 0 Å². The fourth-order valence-corrected chi connectivity index (χ4v) is 5.41. The van der Waals surface area contributed by atoms with Crippen molar-refractivity contribution < 1.29 is 4.79 Å². The Labute approximate surface area is 160 Å². The number of nitrogens with zero attached hydrogens (tertiary/aromatic N) is 2. The monoisotopic (exact) mass is 361 g/mol. The Morgan fingerprint density at radius 3 is 2.19 bits per heavy atom. The van der Waals surface area contributed by atoms with E-state index >= 15 is 0 Å². The number of guanidine groups is 1. The van der Waals surface area contributed by atoms with Gasteiger partial charge in [-0.1, -0.05) is 78.1 Å². The smallest absolute Gasteiger partial charge is 0.257 e. The minimum Gasteiger partial charge on any atom is -0.369 e. The molecule has 1 aliphatic heterocycles. The number of amides is 1. The molecule has 3 rings (SSSR count). The molecule has 0 unspecified atom stereocenters. The quantitative estimate of drug-likeness (QED) is 0.703. The van der Waals surface area contributed by atoms with Crippen LogP contribution in [0.2, 0.25) is 0 Å². The van der Waals surface area contributed by atoms with Crippen LogP contribution in [0, 0.1) is 17.8 Å². The summed E-state index contributed by atoms with van der Waals surface area (Å²) in [5.41, 5.74) is 5.71. The summed E-state index contributed by atoms with van der Waals surface area (Å²) in [4.78, 5) is 20.1. The molecule has 2 saturated carbocycles. The third-order valence-corrected chi connectivity index (χ3v) is 6.84. The fraction of sp³-hybridized carbons (Fsp3) is 0.909. The molecule has 1 atom stereocenters. The average Bonchev–Trinajstić information content (AvgIpc) is 2.86. The lowest BCUT2D eigenvalue weighted by molar-refractivity contribution is -0.132. The molecule has 0 aromatic heterocycles. The standard InChI is InChI=1S/C22H39N3O/c1-17(2)16-25-20(26)22(24-21(25)23,15-19-11-7-4-8-12-19)14-13-18-9-5-3-6-10-18/h17-19H,3-16H2,1-2H3,(H2,23,24)/t22-/m1/s1. The first kappa shape index (κ1) is 19.7. The Hall–Kier alpha value is -1.06. The Bertz CT molecular complexity index is 504. The molecule has 0 saturated heterocycles. The maximum Gasteiger partial charge on any atom is 0.257 e. The third kappa shape index (κ3) is 4.61. The van der Waals surface area contributed by atoms with E-state index in [4.69, 9.17) is 10.7 Å². The highest BCUT2D eigenvalue weighted by Crippen LogP contribution is 2.40. The third-order valence-electron chi connectivity index (χ3n) is 6.84. The summed E-state index contributed by atoms with van der Waals surface area (Å²) in [7, 11) is 0. The van der Waals surface area contributed by atoms with Gasteiger partial charge in [-0.3, -0.25) is 9.69 Å². The zero-order valence-electron chi connectivity index (χ0n) is 17.0. The summed E-state index contributed by atoms with van der Waals surface area (Å²) in [5, 5.41) is 0. The van der Waals surface area contributed by atoms with Gasteiger partial charge < -0.3 is 5.73 Å². The number of aliphatic imine (C=N–C) groups is 1. The van der Waals surface area contributed by atoms with Crippen molar-refractivity contribution in [1.29, 1.82) is 0 Å². The van der Waals surface area contributed by atoms with Gasteiger partial charge in [-0.15, -0.1) is 0 Å². The van der Waals surface area contributed by atoms with Crippen LogP contribution in [0.1, 0.15) is 97.3 Å². The molecule has 1 heterocycles. The molecule has 2 N–H and O–H groups in total. The first-order chi connectivity index (χ1) is 12.5. The number of hydrogen-bond acceptors (Lipinski definition) is 3. The lowest BCUT2D eigenvalue weighted by Gasteiger charge is -2.33. The molecular formula is C22H39N3O. The summed E-state index contributed by atoms with van der Waals surface area (Å²) in [6.45, 7) is 4.98. The van der Waals surface area contributed by atoms with Gasteiger partial charge in [0.2, 0.25) is 0 Å². The van der Waals surface area contributed by atoms with Crippen LogP contribution in [-0.4, -0.2) is 28.9 Å². The highest BCUT2D eigenvalue weighted by Gasteiger charge is 2.48. The van der Waals surface area contributed by atoms with Crippen LogP contribution in [0.3, 0.4) is 0 Å². The van der Waals surface area contributed by atoms with Crippen molar-refractivity contribution in [1.82, 2.24) is 4.90 Å². The highest BCUT2D eigenvalue weighted by molar-refractivity contribution is 6.06. The van der Waals surface area contributed by atoms with Crippen molar-refractivity contribution in [2.24, 2.45) is 28.5 Å². The lowest BCUT2D eigenvalue weighted by Crippen LogP contribution is -2.46. The molecule has 4 nitrogen and oxygen atoms in total. The second-order valence-electron chi connectivity index (χ2n) is 9.56. The molecule has 0 aromatic rings. The minimum atomic E-state index is -0.557. The number of rotatable bonds is 7. The average molecular weight is 362 g/mol. The van der Waals surface area contributed by atoms with Crippen LogP contribution in [-0.2, 0) is 4.79 Å². The molecule has 0 radical (unpaired) electrons. The lowest BCUT2D eigenvalue weighted by atomic mass is 9.75. The van der Waals surface area contributed by atoms with Gasteiger partial charge in [0.1, 0.15) is 5.54 Å². The second kappa shape index (κ2) is 8.75. The van der Waals surface area contributed by atoms with Gasteiger partial charge in [-0.2, -0.15) is 0 Å². The van der Waals surface area contributed by atoms with E-state index < -0.39 is 5.54 Å². The molecule has 148 valence electrons. The van der Waals surface area contributed by atoms with Crippen LogP contribution in [0.4, 0.5) is 0 Å². The minimum absolute atomic E-state index is 0.199. The largest absolute Gasteiger partial charge is 0.369 e. The van der Waals surface area contributed by atoms with Gasteiger partial charge in [0.15, 0.2) is 5.96 Å². The number of carbonyl (C=O) groups excluding carboxylic acids is 1. The van der Waals surface area contributed by atoms with E-state index in [1.165, 1.54) is 64.2 Å². The van der Waals surface area contributed by atoms with Crippen LogP contribution < -0.4 is 5.73 Å². The predicted octanol–water partition coefficient (Wildman–Crippen LogP) is 4.87. The maximum absolute atomic E-state index is 13.5. The van der Waals surface area contributed by atoms with Crippen molar-refractivity contribution in [2.45, 2.75) is 103 Å². The Morgan fingerprint density at radius 1 is 1.04 bits per heavy atom. The van der Waals surface area contributed by atoms with E-state index in [9.17, 15) is 4.79 Å². The highest BCUT2D eigenvalue weighted by atomic mass is 16.2. The first-order valence-corrected chi connectivity index (χ1v) is 11.2. The second-order valence-corrected chi connectivity index (χ2v) is 9.56. The summed E-state index contributed by atoms with van der Waals surface area (Å²) in [6, 6.07) is 0. The Morgan fingerprint density at radius 2 is 1.62 bits per heavy atom. The van der Waals surface area contributed by atoms with E-state index in [1.54, 1.807) is 4.90 Å². The molecular weight excluding hydrogens is 322 g/mol. The van der Waals surface area contributed by atoms with E-state index in [2.05, 4.69) is 13.8 Å². The number of nitrogens with two attached hydrogens (primary N) is 1. The summed E-state index contributed by atoms with van der Waals surface area (Å²) < 4.78 is 0. The fourth-order valence-electron chi connectivity index (χ4n) is 5.41. The summed E-state index contributed by atoms with van der Waals surface area (Å²) in [5.74, 6) is 2.52. The van der Waals surface area contributed by atoms with Crippen LogP contribution >= 0.6 is 0 Å². The molecule has 1 amide bonds. The van der Waals surface area contributed by atoms with Crippen molar-refractivity contribution in [3.05, 3.63) is 0 Å². The van der Waals surface area contributed by atoms with Gasteiger partial charge in [0.25, 0.3) is 5.91 Å². The Kier molecular flexibility index (Phi) is 6.63. The molecule has 26 heavy (non-hydrogen) atoms. The first-order valence-electron chi connectivity index (χ1n) is 11.2. The van der Waals surface area contributed by atoms with Crippen molar-refractivity contribution in [2.75, 3.05) is 6.54 Å². The van der Waals surface area contributed by atoms with Gasteiger partial charge in [0, 0.05) is 6.54 Å². The van der Waals surface area contributed by atoms with Gasteiger partial charge in [0.05, 0.1) is 0 Å². The van der Waals surface area contributed by atoms with Crippen LogP contribution in [0.5, 0.6) is 0 Å². The van der Waals surface area contributed by atoms with E-state index in [0.717, 1.165) is 25.2 Å². The zero-order valence-corrected chi connectivity index (χ0v) is 17.0. The number of carbonyl (C=O) groups is 1. The van der Waals surface area contributed by atoms with Gasteiger partial charge >= 0.3 is 0 Å². The van der Waals surface area contributed by atoms with Crippen LogP contribution in [0.15, 0.2) is 4.99 Å². The van der Waals surface area contributed by atoms with E-state index in [0.29, 0.717) is 24.3 Å². The maximum atomic E-state index is 13.5. The van der Waals surface area contributed by atoms with Crippen molar-refractivity contribution in [3.8, 4) is 0 Å².